The summed E-state index contributed by atoms with van der Waals surface area (Å²) in [6.45, 7) is 1.10. The van der Waals surface area contributed by atoms with Gasteiger partial charge in [0.05, 0.1) is 22.3 Å². The van der Waals surface area contributed by atoms with Gasteiger partial charge in [0.25, 0.3) is 0 Å². The topological polar surface area (TPSA) is 55.8 Å². The van der Waals surface area contributed by atoms with Crippen molar-refractivity contribution in [3.63, 3.8) is 0 Å². The molecule has 0 radical (unpaired) electrons. The Balaban J connectivity index is 1.70. The predicted octanol–water partition coefficient (Wildman–Crippen LogP) is 3.84. The van der Waals surface area contributed by atoms with Crippen molar-refractivity contribution < 1.29 is 19.4 Å². The molecule has 0 amide bonds. The van der Waals surface area contributed by atoms with E-state index in [1.54, 1.807) is 12.1 Å². The van der Waals surface area contributed by atoms with E-state index < -0.39 is 5.97 Å². The highest BCUT2D eigenvalue weighted by Gasteiger charge is 2.02. The van der Waals surface area contributed by atoms with Crippen LogP contribution in [0.15, 0.2) is 48.5 Å². The maximum atomic E-state index is 10.7. The number of carboxylic acids is 1. The molecule has 21 heavy (non-hydrogen) atoms. The molecule has 0 unspecified atom stereocenters. The molecule has 4 nitrogen and oxygen atoms in total. The summed E-state index contributed by atoms with van der Waals surface area (Å²) in [6.07, 6.45) is 0.756. The minimum atomic E-state index is -0.938. The second kappa shape index (κ2) is 7.87. The van der Waals surface area contributed by atoms with Gasteiger partial charge < -0.3 is 14.6 Å². The molecule has 1 N–H and O–H groups in total. The van der Waals surface area contributed by atoms with Crippen LogP contribution in [0.5, 0.6) is 11.5 Å². The Bertz CT molecular complexity index is 595. The lowest BCUT2D eigenvalue weighted by molar-refractivity contribution is 0.0697. The number of halogens is 1. The number of carbonyl (C=O) groups is 1. The number of aromatic carboxylic acids is 1. The lowest BCUT2D eigenvalue weighted by Gasteiger charge is -2.09. The van der Waals surface area contributed by atoms with Crippen molar-refractivity contribution in [2.24, 2.45) is 0 Å². The standard InChI is InChI=1S/C16H15IO4/c17-14-4-1-2-5-15(14)21-11-3-10-20-13-8-6-12(7-9-13)16(18)19/h1-2,4-9H,3,10-11H2,(H,18,19). The van der Waals surface area contributed by atoms with Crippen LogP contribution in [0.4, 0.5) is 0 Å². The van der Waals surface area contributed by atoms with Crippen molar-refractivity contribution in [3.05, 3.63) is 57.7 Å². The zero-order chi connectivity index (χ0) is 15.1. The summed E-state index contributed by atoms with van der Waals surface area (Å²) in [7, 11) is 0. The summed E-state index contributed by atoms with van der Waals surface area (Å²) in [5, 5.41) is 8.79. The number of rotatable bonds is 7. The number of hydrogen-bond donors (Lipinski definition) is 1. The summed E-state index contributed by atoms with van der Waals surface area (Å²) >= 11 is 2.23. The number of para-hydroxylation sites is 1. The monoisotopic (exact) mass is 398 g/mol. The quantitative estimate of drug-likeness (QED) is 0.569. The molecule has 0 aromatic heterocycles. The van der Waals surface area contributed by atoms with Gasteiger partial charge in [0.2, 0.25) is 0 Å². The third kappa shape index (κ3) is 4.93. The Kier molecular flexibility index (Phi) is 5.86. The minimum absolute atomic E-state index is 0.254. The average molecular weight is 398 g/mol. The summed E-state index contributed by atoms with van der Waals surface area (Å²) in [4.78, 5) is 10.7. The van der Waals surface area contributed by atoms with Crippen LogP contribution >= 0.6 is 22.6 Å². The van der Waals surface area contributed by atoms with E-state index in [-0.39, 0.29) is 5.56 Å². The Morgan fingerprint density at radius 1 is 1.00 bits per heavy atom. The first kappa shape index (κ1) is 15.6. The molecule has 110 valence electrons. The third-order valence-corrected chi connectivity index (χ3v) is 3.64. The van der Waals surface area contributed by atoms with Gasteiger partial charge in [-0.05, 0) is 59.0 Å². The van der Waals surface area contributed by atoms with Gasteiger partial charge in [-0.25, -0.2) is 4.79 Å². The van der Waals surface area contributed by atoms with Crippen LogP contribution in [0.25, 0.3) is 0 Å². The third-order valence-electron chi connectivity index (χ3n) is 2.75. The molecule has 2 aromatic rings. The Labute approximate surface area is 136 Å². The highest BCUT2D eigenvalue weighted by atomic mass is 127. The Morgan fingerprint density at radius 2 is 1.67 bits per heavy atom. The predicted molar refractivity (Wildman–Crippen MR) is 88.2 cm³/mol. The van der Waals surface area contributed by atoms with Crippen LogP contribution in [-0.4, -0.2) is 24.3 Å². The lowest BCUT2D eigenvalue weighted by Crippen LogP contribution is -2.05. The first-order chi connectivity index (χ1) is 10.2. The maximum absolute atomic E-state index is 10.7. The molecular weight excluding hydrogens is 383 g/mol. The van der Waals surface area contributed by atoms with Gasteiger partial charge in [-0.3, -0.25) is 0 Å². The largest absolute Gasteiger partial charge is 0.493 e. The fourth-order valence-corrected chi connectivity index (χ4v) is 2.23. The van der Waals surface area contributed by atoms with Gasteiger partial charge in [-0.1, -0.05) is 12.1 Å². The van der Waals surface area contributed by atoms with E-state index in [9.17, 15) is 4.79 Å². The van der Waals surface area contributed by atoms with Crippen molar-refractivity contribution in [2.45, 2.75) is 6.42 Å². The first-order valence-electron chi connectivity index (χ1n) is 6.50. The highest BCUT2D eigenvalue weighted by Crippen LogP contribution is 2.19. The summed E-state index contributed by atoms with van der Waals surface area (Å²) in [6, 6.07) is 14.2. The fourth-order valence-electron chi connectivity index (χ4n) is 1.69. The fraction of sp³-hybridized carbons (Fsp3) is 0.188. The van der Waals surface area contributed by atoms with Gasteiger partial charge in [0.1, 0.15) is 11.5 Å². The molecule has 0 aliphatic heterocycles. The SMILES string of the molecule is O=C(O)c1ccc(OCCCOc2ccccc2I)cc1. The van der Waals surface area contributed by atoms with Gasteiger partial charge in [-0.15, -0.1) is 0 Å². The lowest BCUT2D eigenvalue weighted by atomic mass is 10.2. The number of carboxylic acid groups (broad SMARTS) is 1. The van der Waals surface area contributed by atoms with E-state index in [4.69, 9.17) is 14.6 Å². The smallest absolute Gasteiger partial charge is 0.335 e. The molecule has 0 aliphatic rings. The molecule has 0 saturated heterocycles. The van der Waals surface area contributed by atoms with Crippen LogP contribution in [0, 0.1) is 3.57 Å². The zero-order valence-electron chi connectivity index (χ0n) is 11.3. The van der Waals surface area contributed by atoms with Crippen molar-refractivity contribution in [1.82, 2.24) is 0 Å². The van der Waals surface area contributed by atoms with E-state index in [2.05, 4.69) is 22.6 Å². The molecule has 0 aliphatic carbocycles. The maximum Gasteiger partial charge on any atom is 0.335 e. The minimum Gasteiger partial charge on any atom is -0.493 e. The summed E-state index contributed by atoms with van der Waals surface area (Å²) in [5.41, 5.74) is 0.254. The van der Waals surface area contributed by atoms with Gasteiger partial charge in [0.15, 0.2) is 0 Å². The van der Waals surface area contributed by atoms with Crippen LogP contribution in [0.3, 0.4) is 0 Å². The number of ether oxygens (including phenoxy) is 2. The molecule has 0 saturated carbocycles. The molecule has 0 atom stereocenters. The van der Waals surface area contributed by atoms with Gasteiger partial charge >= 0.3 is 5.97 Å². The van der Waals surface area contributed by atoms with E-state index in [1.165, 1.54) is 12.1 Å². The van der Waals surface area contributed by atoms with Crippen molar-refractivity contribution in [3.8, 4) is 11.5 Å². The molecule has 0 spiro atoms. The summed E-state index contributed by atoms with van der Waals surface area (Å²) < 4.78 is 12.3. The van der Waals surface area contributed by atoms with Crippen LogP contribution in [0.2, 0.25) is 0 Å². The molecule has 0 heterocycles. The number of benzene rings is 2. The Hall–Kier alpha value is -1.76. The Morgan fingerprint density at radius 3 is 2.33 bits per heavy atom. The molecular formula is C16H15IO4. The van der Waals surface area contributed by atoms with E-state index in [0.29, 0.717) is 19.0 Å². The van der Waals surface area contributed by atoms with Crippen molar-refractivity contribution >= 4 is 28.6 Å². The number of hydrogen-bond acceptors (Lipinski definition) is 3. The van der Waals surface area contributed by atoms with E-state index in [1.807, 2.05) is 24.3 Å². The van der Waals surface area contributed by atoms with Crippen LogP contribution in [-0.2, 0) is 0 Å². The molecule has 0 fully saturated rings. The van der Waals surface area contributed by atoms with E-state index in [0.717, 1.165) is 15.7 Å². The zero-order valence-corrected chi connectivity index (χ0v) is 13.4. The molecule has 5 heteroatoms. The van der Waals surface area contributed by atoms with Crippen LogP contribution < -0.4 is 9.47 Å². The second-order valence-electron chi connectivity index (χ2n) is 4.31. The molecule has 2 aromatic carbocycles. The molecule has 0 bridgehead atoms. The second-order valence-corrected chi connectivity index (χ2v) is 5.47. The van der Waals surface area contributed by atoms with Crippen molar-refractivity contribution in [2.75, 3.05) is 13.2 Å². The highest BCUT2D eigenvalue weighted by molar-refractivity contribution is 14.1. The van der Waals surface area contributed by atoms with Crippen molar-refractivity contribution in [1.29, 1.82) is 0 Å². The average Bonchev–Trinajstić information content (AvgIpc) is 2.49. The first-order valence-corrected chi connectivity index (χ1v) is 7.58. The van der Waals surface area contributed by atoms with E-state index >= 15 is 0 Å². The van der Waals surface area contributed by atoms with Gasteiger partial charge in [-0.2, -0.15) is 0 Å². The molecule has 2 rings (SSSR count). The normalized spacial score (nSPS) is 10.1. The van der Waals surface area contributed by atoms with Gasteiger partial charge in [0, 0.05) is 6.42 Å². The van der Waals surface area contributed by atoms with Crippen LogP contribution in [0.1, 0.15) is 16.8 Å². The summed E-state index contributed by atoms with van der Waals surface area (Å²) in [5.74, 6) is 0.602.